The summed E-state index contributed by atoms with van der Waals surface area (Å²) in [6.45, 7) is 15.1. The number of hydrogen-bond acceptors (Lipinski definition) is 4. The van der Waals surface area contributed by atoms with E-state index < -0.39 is 5.79 Å². The molecule has 2 heterocycles. The molecule has 5 fully saturated rings. The van der Waals surface area contributed by atoms with E-state index in [-0.39, 0.29) is 12.1 Å². The van der Waals surface area contributed by atoms with Crippen molar-refractivity contribution in [2.75, 3.05) is 6.54 Å². The lowest BCUT2D eigenvalue weighted by molar-refractivity contribution is -0.310. The lowest BCUT2D eigenvalue weighted by atomic mass is 9.46. The summed E-state index contributed by atoms with van der Waals surface area (Å²) >= 11 is 0. The summed E-state index contributed by atoms with van der Waals surface area (Å²) in [6, 6.07) is 0.573. The van der Waals surface area contributed by atoms with Crippen LogP contribution in [0, 0.1) is 46.3 Å². The fraction of sp³-hybridized carbons (Fsp3) is 0.900. The van der Waals surface area contributed by atoms with Gasteiger partial charge in [-0.1, -0.05) is 39.3 Å². The molecule has 2 aliphatic heterocycles. The number of aliphatic hydroxyl groups is 1. The van der Waals surface area contributed by atoms with Gasteiger partial charge < -0.3 is 15.2 Å². The number of allylic oxidation sites excluding steroid dienone is 1. The second-order valence-corrected chi connectivity index (χ2v) is 14.1. The number of aliphatic imine (C=N–C) groups is 1. The molecule has 4 nitrogen and oxygen atoms in total. The third-order valence-electron chi connectivity index (χ3n) is 11.9. The number of ether oxygens (including phenoxy) is 1. The van der Waals surface area contributed by atoms with E-state index in [4.69, 9.17) is 9.73 Å². The van der Waals surface area contributed by atoms with E-state index in [1.54, 1.807) is 5.57 Å². The number of fused-ring (bicyclic) bond motifs is 8. The Hall–Kier alpha value is -0.710. The number of piperidine rings is 1. The number of nitrogens with one attached hydrogen (secondary N) is 1. The molecule has 190 valence electrons. The fourth-order valence-corrected chi connectivity index (χ4v) is 10.6. The average molecular weight is 469 g/mol. The van der Waals surface area contributed by atoms with E-state index >= 15 is 0 Å². The molecule has 0 radical (unpaired) electrons. The average Bonchev–Trinajstić information content (AvgIpc) is 3.04. The van der Waals surface area contributed by atoms with Crippen LogP contribution in [0.1, 0.15) is 92.9 Å². The quantitative estimate of drug-likeness (QED) is 0.381. The molecule has 2 saturated heterocycles. The predicted octanol–water partition coefficient (Wildman–Crippen LogP) is 5.75. The third-order valence-corrected chi connectivity index (χ3v) is 11.9. The highest BCUT2D eigenvalue weighted by Crippen LogP contribution is 2.69. The highest BCUT2D eigenvalue weighted by atomic mass is 16.6. The van der Waals surface area contributed by atoms with Crippen molar-refractivity contribution < 1.29 is 9.84 Å². The first-order chi connectivity index (χ1) is 16.0. The van der Waals surface area contributed by atoms with Crippen LogP contribution in [-0.2, 0) is 4.74 Å². The van der Waals surface area contributed by atoms with Gasteiger partial charge in [-0.05, 0) is 112 Å². The van der Waals surface area contributed by atoms with Gasteiger partial charge in [0.1, 0.15) is 0 Å². The molecule has 3 saturated carbocycles. The summed E-state index contributed by atoms with van der Waals surface area (Å²) in [5.41, 5.74) is 3.64. The minimum atomic E-state index is -0.983. The van der Waals surface area contributed by atoms with E-state index in [1.165, 1.54) is 44.2 Å². The van der Waals surface area contributed by atoms with Crippen LogP contribution >= 0.6 is 0 Å². The Labute approximate surface area is 207 Å². The highest BCUT2D eigenvalue weighted by molar-refractivity contribution is 5.79. The third kappa shape index (κ3) is 3.30. The zero-order valence-electron chi connectivity index (χ0n) is 22.4. The van der Waals surface area contributed by atoms with Gasteiger partial charge in [0.15, 0.2) is 5.79 Å². The second-order valence-electron chi connectivity index (χ2n) is 14.1. The van der Waals surface area contributed by atoms with E-state index in [0.29, 0.717) is 40.5 Å². The predicted molar refractivity (Wildman–Crippen MR) is 138 cm³/mol. The highest BCUT2D eigenvalue weighted by Gasteiger charge is 2.67. The summed E-state index contributed by atoms with van der Waals surface area (Å²) in [5.74, 6) is 2.78. The Bertz CT molecular complexity index is 894. The van der Waals surface area contributed by atoms with E-state index in [2.05, 4.69) is 52.9 Å². The summed E-state index contributed by atoms with van der Waals surface area (Å²) in [5, 5.41) is 15.3. The maximum absolute atomic E-state index is 11.6. The van der Waals surface area contributed by atoms with Crippen molar-refractivity contribution in [2.45, 2.75) is 117 Å². The van der Waals surface area contributed by atoms with Gasteiger partial charge in [-0.25, -0.2) is 0 Å². The Morgan fingerprint density at radius 1 is 1.15 bits per heavy atom. The topological polar surface area (TPSA) is 53.9 Å². The lowest BCUT2D eigenvalue weighted by Gasteiger charge is -2.60. The van der Waals surface area contributed by atoms with Crippen molar-refractivity contribution in [1.29, 1.82) is 0 Å². The second kappa shape index (κ2) is 7.89. The zero-order chi connectivity index (χ0) is 24.0. The Morgan fingerprint density at radius 2 is 1.94 bits per heavy atom. The first-order valence-corrected chi connectivity index (χ1v) is 14.4. The number of rotatable bonds is 1. The van der Waals surface area contributed by atoms with Crippen LogP contribution in [0.2, 0.25) is 0 Å². The molecule has 0 spiro atoms. The van der Waals surface area contributed by atoms with Crippen LogP contribution < -0.4 is 5.32 Å². The molecule has 0 bridgehead atoms. The van der Waals surface area contributed by atoms with Gasteiger partial charge in [0.2, 0.25) is 0 Å². The van der Waals surface area contributed by atoms with Crippen molar-refractivity contribution in [3.05, 3.63) is 11.6 Å². The fourth-order valence-electron chi connectivity index (χ4n) is 10.6. The van der Waals surface area contributed by atoms with Crippen LogP contribution in [0.5, 0.6) is 0 Å². The van der Waals surface area contributed by atoms with Crippen molar-refractivity contribution >= 4 is 5.71 Å². The molecule has 0 aromatic heterocycles. The standard InChI is InChI=1S/C30H48N2O2/c1-17(2)32-21-9-11-28(5)20(13-21)7-8-22-23(28)10-12-29(6)24(22)14-25-26(29)19(4)27-30(33,34-25)15-18(3)16-31-27/h7,18-19,21-27,31,33H,8-16H2,1-6H3. The maximum Gasteiger partial charge on any atom is 0.181 e. The molecular formula is C30H48N2O2. The van der Waals surface area contributed by atoms with Crippen molar-refractivity contribution in [2.24, 2.45) is 51.3 Å². The van der Waals surface area contributed by atoms with Crippen molar-refractivity contribution in [3.8, 4) is 0 Å². The van der Waals surface area contributed by atoms with E-state index in [1.807, 2.05) is 0 Å². The smallest absolute Gasteiger partial charge is 0.181 e. The normalized spacial score (nSPS) is 56.2. The van der Waals surface area contributed by atoms with Crippen LogP contribution in [0.4, 0.5) is 0 Å². The molecule has 6 rings (SSSR count). The van der Waals surface area contributed by atoms with Crippen LogP contribution in [0.25, 0.3) is 0 Å². The first-order valence-electron chi connectivity index (χ1n) is 14.4. The minimum absolute atomic E-state index is 0.0754. The summed E-state index contributed by atoms with van der Waals surface area (Å²) < 4.78 is 6.73. The lowest BCUT2D eigenvalue weighted by Crippen LogP contribution is -2.68. The number of hydrogen-bond donors (Lipinski definition) is 2. The molecule has 12 unspecified atom stereocenters. The Morgan fingerprint density at radius 3 is 2.71 bits per heavy atom. The molecule has 12 atom stereocenters. The van der Waals surface area contributed by atoms with Gasteiger partial charge in [0, 0.05) is 12.1 Å². The molecule has 0 aromatic carbocycles. The molecule has 4 heteroatoms. The van der Waals surface area contributed by atoms with Crippen molar-refractivity contribution in [1.82, 2.24) is 5.32 Å². The van der Waals surface area contributed by atoms with Crippen LogP contribution in [0.15, 0.2) is 16.6 Å². The number of nitrogens with zero attached hydrogens (tertiary/aromatic N) is 1. The van der Waals surface area contributed by atoms with Gasteiger partial charge in [-0.3, -0.25) is 4.99 Å². The van der Waals surface area contributed by atoms with E-state index in [9.17, 15) is 5.11 Å². The molecule has 0 aromatic rings. The van der Waals surface area contributed by atoms with Crippen LogP contribution in [-0.4, -0.2) is 41.3 Å². The Balaban J connectivity index is 1.28. The molecule has 4 aliphatic carbocycles. The van der Waals surface area contributed by atoms with Crippen LogP contribution in [0.3, 0.4) is 0 Å². The summed E-state index contributed by atoms with van der Waals surface area (Å²) in [6.07, 6.45) is 12.5. The molecule has 6 aliphatic rings. The van der Waals surface area contributed by atoms with Gasteiger partial charge in [-0.15, -0.1) is 0 Å². The Kier molecular flexibility index (Phi) is 5.50. The minimum Gasteiger partial charge on any atom is -0.364 e. The maximum atomic E-state index is 11.6. The summed E-state index contributed by atoms with van der Waals surface area (Å²) in [7, 11) is 0. The molecule has 0 amide bonds. The van der Waals surface area contributed by atoms with E-state index in [0.717, 1.165) is 31.2 Å². The van der Waals surface area contributed by atoms with Gasteiger partial charge >= 0.3 is 0 Å². The first kappa shape index (κ1) is 23.7. The molecule has 34 heavy (non-hydrogen) atoms. The van der Waals surface area contributed by atoms with Crippen molar-refractivity contribution in [3.63, 3.8) is 0 Å². The SMILES string of the molecule is CC(C)=NC1CCC2(C)C(=CCC3C2CCC2(C)C3CC3OC4(O)CC(C)CNC4C(C)C32)C1. The zero-order valence-corrected chi connectivity index (χ0v) is 22.4. The molecular weight excluding hydrogens is 420 g/mol. The van der Waals surface area contributed by atoms with Gasteiger partial charge in [0.25, 0.3) is 0 Å². The largest absolute Gasteiger partial charge is 0.364 e. The van der Waals surface area contributed by atoms with Gasteiger partial charge in [0.05, 0.1) is 18.2 Å². The molecule has 2 N–H and O–H groups in total. The monoisotopic (exact) mass is 468 g/mol. The summed E-state index contributed by atoms with van der Waals surface area (Å²) in [4.78, 5) is 4.96. The van der Waals surface area contributed by atoms with Gasteiger partial charge in [-0.2, -0.15) is 0 Å².